The van der Waals surface area contributed by atoms with Crippen molar-refractivity contribution in [3.63, 3.8) is 0 Å². The molecule has 0 bridgehead atoms. The van der Waals surface area contributed by atoms with Gasteiger partial charge in [0.15, 0.2) is 5.16 Å². The lowest BCUT2D eigenvalue weighted by molar-refractivity contribution is -0.384. The molecule has 0 aliphatic carbocycles. The maximum atomic E-state index is 12.1. The van der Waals surface area contributed by atoms with Crippen LogP contribution in [0.1, 0.15) is 11.5 Å². The molecule has 4 aromatic rings. The van der Waals surface area contributed by atoms with Gasteiger partial charge in [-0.2, -0.15) is 0 Å². The van der Waals surface area contributed by atoms with Gasteiger partial charge in [-0.1, -0.05) is 42.1 Å². The van der Waals surface area contributed by atoms with Crippen LogP contribution in [0, 0.1) is 10.1 Å². The number of hydrogen-bond donors (Lipinski definition) is 1. The lowest BCUT2D eigenvalue weighted by Gasteiger charge is -2.04. The van der Waals surface area contributed by atoms with Crippen molar-refractivity contribution < 1.29 is 9.34 Å². The van der Waals surface area contributed by atoms with E-state index in [1.54, 1.807) is 16.7 Å². The Labute approximate surface area is 174 Å². The average molecular weight is 424 g/mol. The van der Waals surface area contributed by atoms with E-state index in [0.29, 0.717) is 35.3 Å². The Hall–Kier alpha value is -3.73. The zero-order chi connectivity index (χ0) is 20.9. The number of nitrogens with one attached hydrogen (secondary N) is 1. The largest absolute Gasteiger partial charge is 0.420 e. The van der Waals surface area contributed by atoms with E-state index in [0.717, 1.165) is 5.56 Å². The van der Waals surface area contributed by atoms with Gasteiger partial charge in [0.1, 0.15) is 0 Å². The highest BCUT2D eigenvalue weighted by molar-refractivity contribution is 7.98. The number of nitro benzene ring substituents is 1. The van der Waals surface area contributed by atoms with Gasteiger partial charge in [-0.05, 0) is 24.1 Å². The second kappa shape index (κ2) is 8.74. The van der Waals surface area contributed by atoms with Crippen LogP contribution < -0.4 is 5.69 Å². The number of non-ortho nitro benzene ring substituents is 1. The van der Waals surface area contributed by atoms with Gasteiger partial charge >= 0.3 is 5.69 Å². The summed E-state index contributed by atoms with van der Waals surface area (Å²) in [5, 5.41) is 25.8. The van der Waals surface area contributed by atoms with Gasteiger partial charge in [-0.15, -0.1) is 15.3 Å². The number of H-pyrrole nitrogens is 1. The van der Waals surface area contributed by atoms with Gasteiger partial charge in [0.05, 0.1) is 10.7 Å². The summed E-state index contributed by atoms with van der Waals surface area (Å²) < 4.78 is 7.20. The quantitative estimate of drug-likeness (QED) is 0.259. The van der Waals surface area contributed by atoms with Crippen LogP contribution in [0.15, 0.2) is 69.0 Å². The Balaban J connectivity index is 1.41. The van der Waals surface area contributed by atoms with Crippen molar-refractivity contribution in [3.05, 3.63) is 86.7 Å². The number of aryl methyl sites for hydroxylation is 1. The summed E-state index contributed by atoms with van der Waals surface area (Å²) in [4.78, 5) is 22.3. The topological polar surface area (TPSA) is 133 Å². The molecule has 1 N–H and O–H groups in total. The first-order valence-electron chi connectivity index (χ1n) is 8.99. The van der Waals surface area contributed by atoms with Crippen molar-refractivity contribution in [1.29, 1.82) is 0 Å². The third-order valence-electron chi connectivity index (χ3n) is 4.31. The van der Waals surface area contributed by atoms with Crippen molar-refractivity contribution in [2.24, 2.45) is 0 Å². The van der Waals surface area contributed by atoms with Crippen LogP contribution >= 0.6 is 11.8 Å². The number of nitro groups is 1. The third-order valence-corrected chi connectivity index (χ3v) is 5.27. The van der Waals surface area contributed by atoms with Crippen molar-refractivity contribution >= 4 is 17.4 Å². The molecule has 0 amide bonds. The Morgan fingerprint density at radius 3 is 2.60 bits per heavy atom. The molecule has 0 aliphatic rings. The molecule has 2 heterocycles. The molecule has 2 aromatic heterocycles. The molecule has 0 radical (unpaired) electrons. The van der Waals surface area contributed by atoms with Crippen LogP contribution in [-0.4, -0.2) is 29.9 Å². The lowest BCUT2D eigenvalue weighted by Crippen LogP contribution is -2.18. The molecule has 30 heavy (non-hydrogen) atoms. The van der Waals surface area contributed by atoms with E-state index in [-0.39, 0.29) is 17.3 Å². The summed E-state index contributed by atoms with van der Waals surface area (Å²) in [6.07, 6.45) is 0.707. The second-order valence-electron chi connectivity index (χ2n) is 6.29. The molecule has 0 unspecified atom stereocenters. The predicted molar refractivity (Wildman–Crippen MR) is 109 cm³/mol. The Kier molecular flexibility index (Phi) is 5.70. The molecule has 0 fully saturated rings. The standard InChI is InChI=1S/C19H16N6O4S/c26-18-22-23-19(24(18)11-10-13-4-2-1-3-5-13)30-12-16-20-21-17(29-16)14-6-8-15(9-7-14)25(27)28/h1-9H,10-12H2,(H,22,26). The van der Waals surface area contributed by atoms with Gasteiger partial charge in [-0.25, -0.2) is 9.89 Å². The Morgan fingerprint density at radius 1 is 1.10 bits per heavy atom. The molecule has 0 aliphatic heterocycles. The predicted octanol–water partition coefficient (Wildman–Crippen LogP) is 3.06. The minimum absolute atomic E-state index is 0.0129. The van der Waals surface area contributed by atoms with Crippen molar-refractivity contribution in [3.8, 4) is 11.5 Å². The van der Waals surface area contributed by atoms with Crippen LogP contribution in [0.4, 0.5) is 5.69 Å². The van der Waals surface area contributed by atoms with Gasteiger partial charge in [-0.3, -0.25) is 14.7 Å². The molecular formula is C19H16N6O4S. The third kappa shape index (κ3) is 4.46. The first kappa shape index (κ1) is 19.6. The monoisotopic (exact) mass is 424 g/mol. The van der Waals surface area contributed by atoms with Gasteiger partial charge in [0.2, 0.25) is 11.8 Å². The molecule has 0 saturated carbocycles. The number of aromatic nitrogens is 5. The molecule has 152 valence electrons. The normalized spacial score (nSPS) is 10.9. The summed E-state index contributed by atoms with van der Waals surface area (Å²) in [5.74, 6) is 0.956. The maximum absolute atomic E-state index is 12.1. The van der Waals surface area contributed by atoms with E-state index in [9.17, 15) is 14.9 Å². The van der Waals surface area contributed by atoms with Crippen LogP contribution in [0.2, 0.25) is 0 Å². The Morgan fingerprint density at radius 2 is 1.87 bits per heavy atom. The van der Waals surface area contributed by atoms with Gasteiger partial charge in [0.25, 0.3) is 5.69 Å². The number of aromatic amines is 1. The van der Waals surface area contributed by atoms with Gasteiger partial charge in [0, 0.05) is 24.2 Å². The SMILES string of the molecule is O=c1[nH]nc(SCc2nnc(-c3ccc([N+](=O)[O-])cc3)o2)n1CCc1ccccc1. The fourth-order valence-corrected chi connectivity index (χ4v) is 3.59. The first-order chi connectivity index (χ1) is 14.6. The molecule has 2 aromatic carbocycles. The van der Waals surface area contributed by atoms with Crippen LogP contribution in [0.3, 0.4) is 0 Å². The van der Waals surface area contributed by atoms with Crippen LogP contribution in [-0.2, 0) is 18.7 Å². The molecule has 0 atom stereocenters. The summed E-state index contributed by atoms with van der Waals surface area (Å²) in [7, 11) is 0. The summed E-state index contributed by atoms with van der Waals surface area (Å²) in [6.45, 7) is 0.500. The zero-order valence-electron chi connectivity index (χ0n) is 15.6. The molecule has 10 nitrogen and oxygen atoms in total. The van der Waals surface area contributed by atoms with E-state index >= 15 is 0 Å². The Bertz CT molecular complexity index is 1200. The number of benzene rings is 2. The van der Waals surface area contributed by atoms with Crippen molar-refractivity contribution in [2.75, 3.05) is 0 Å². The second-order valence-corrected chi connectivity index (χ2v) is 7.23. The number of thioether (sulfide) groups is 1. The fraction of sp³-hybridized carbons (Fsp3) is 0.158. The molecule has 11 heteroatoms. The van der Waals surface area contributed by atoms with E-state index in [1.165, 1.54) is 23.9 Å². The highest BCUT2D eigenvalue weighted by Crippen LogP contribution is 2.24. The van der Waals surface area contributed by atoms with Crippen molar-refractivity contribution in [1.82, 2.24) is 25.0 Å². The average Bonchev–Trinajstić information content (AvgIpc) is 3.38. The maximum Gasteiger partial charge on any atom is 0.343 e. The number of nitrogens with zero attached hydrogens (tertiary/aromatic N) is 5. The molecular weight excluding hydrogens is 408 g/mol. The highest BCUT2D eigenvalue weighted by Gasteiger charge is 2.14. The highest BCUT2D eigenvalue weighted by atomic mass is 32.2. The number of hydrogen-bond acceptors (Lipinski definition) is 8. The zero-order valence-corrected chi connectivity index (χ0v) is 16.4. The van der Waals surface area contributed by atoms with E-state index in [1.807, 2.05) is 30.3 Å². The first-order valence-corrected chi connectivity index (χ1v) is 9.98. The van der Waals surface area contributed by atoms with E-state index < -0.39 is 4.92 Å². The van der Waals surface area contributed by atoms with E-state index in [4.69, 9.17) is 4.42 Å². The summed E-state index contributed by atoms with van der Waals surface area (Å²) >= 11 is 1.31. The van der Waals surface area contributed by atoms with Crippen LogP contribution in [0.25, 0.3) is 11.5 Å². The summed E-state index contributed by atoms with van der Waals surface area (Å²) in [6, 6.07) is 15.8. The minimum atomic E-state index is -0.471. The smallest absolute Gasteiger partial charge is 0.343 e. The summed E-state index contributed by atoms with van der Waals surface area (Å²) in [5.41, 5.74) is 1.43. The fourth-order valence-electron chi connectivity index (χ4n) is 2.78. The van der Waals surface area contributed by atoms with Crippen LogP contribution in [0.5, 0.6) is 0 Å². The molecule has 0 saturated heterocycles. The molecule has 4 rings (SSSR count). The number of rotatable bonds is 8. The minimum Gasteiger partial charge on any atom is -0.420 e. The molecule has 0 spiro atoms. The van der Waals surface area contributed by atoms with Crippen molar-refractivity contribution in [2.45, 2.75) is 23.9 Å². The lowest BCUT2D eigenvalue weighted by atomic mass is 10.1. The van der Waals surface area contributed by atoms with Gasteiger partial charge < -0.3 is 4.42 Å². The van der Waals surface area contributed by atoms with E-state index in [2.05, 4.69) is 20.4 Å².